The zero-order valence-electron chi connectivity index (χ0n) is 20.5. The molecule has 2 saturated heterocycles. The van der Waals surface area contributed by atoms with Gasteiger partial charge >= 0.3 is 18.2 Å². The smallest absolute Gasteiger partial charge is 0.416 e. The average Bonchev–Trinajstić information content (AvgIpc) is 3.21. The molecular weight excluding hydrogens is 463 g/mol. The van der Waals surface area contributed by atoms with E-state index in [1.807, 2.05) is 4.90 Å². The summed E-state index contributed by atoms with van der Waals surface area (Å²) in [6.07, 6.45) is -3.91. The van der Waals surface area contributed by atoms with Crippen molar-refractivity contribution in [2.24, 2.45) is 11.8 Å². The first-order valence-corrected chi connectivity index (χ1v) is 11.7. The molecule has 3 rings (SSSR count). The summed E-state index contributed by atoms with van der Waals surface area (Å²) in [7, 11) is 1.32. The van der Waals surface area contributed by atoms with E-state index in [2.05, 4.69) is 6.07 Å². The molecule has 0 N–H and O–H groups in total. The highest BCUT2D eigenvalue weighted by atomic mass is 19.4. The lowest BCUT2D eigenvalue weighted by Crippen LogP contribution is -2.38. The molecule has 35 heavy (non-hydrogen) atoms. The summed E-state index contributed by atoms with van der Waals surface area (Å²) in [5.74, 6) is -1.16. The Kier molecular flexibility index (Phi) is 7.87. The van der Waals surface area contributed by atoms with Crippen molar-refractivity contribution >= 4 is 17.7 Å². The molecule has 0 aliphatic carbocycles. The summed E-state index contributed by atoms with van der Waals surface area (Å²) >= 11 is 0. The van der Waals surface area contributed by atoms with Crippen molar-refractivity contribution in [1.29, 1.82) is 5.26 Å². The molecule has 1 aromatic carbocycles. The number of piperidine rings is 1. The van der Waals surface area contributed by atoms with Crippen LogP contribution in [0.1, 0.15) is 57.1 Å². The molecule has 0 saturated carbocycles. The number of hydrogen-bond donors (Lipinski definition) is 0. The van der Waals surface area contributed by atoms with Crippen molar-refractivity contribution < 1.29 is 32.2 Å². The van der Waals surface area contributed by atoms with Gasteiger partial charge in [-0.1, -0.05) is 6.07 Å². The third-order valence-electron chi connectivity index (χ3n) is 6.57. The van der Waals surface area contributed by atoms with Crippen LogP contribution in [0.15, 0.2) is 18.2 Å². The summed E-state index contributed by atoms with van der Waals surface area (Å²) in [6.45, 7) is 6.63. The third-order valence-corrected chi connectivity index (χ3v) is 6.57. The SMILES string of the molecule is COC(=O)C1CCN(c2cc(C(F)(F)F)ccc2[C@H]2CN(C(=O)OC(C)(C)C)C[C@@H]2CC#N)CC1. The molecular formula is C25H32F3N3O4. The maximum absolute atomic E-state index is 13.6. The lowest BCUT2D eigenvalue weighted by atomic mass is 9.84. The van der Waals surface area contributed by atoms with Crippen LogP contribution in [0.4, 0.5) is 23.7 Å². The molecule has 2 aliphatic rings. The predicted molar refractivity (Wildman–Crippen MR) is 123 cm³/mol. The molecule has 2 fully saturated rings. The first-order chi connectivity index (χ1) is 16.3. The van der Waals surface area contributed by atoms with E-state index in [1.165, 1.54) is 18.1 Å². The second kappa shape index (κ2) is 10.3. The average molecular weight is 496 g/mol. The molecule has 2 atom stereocenters. The van der Waals surface area contributed by atoms with Crippen LogP contribution < -0.4 is 4.90 Å². The van der Waals surface area contributed by atoms with Crippen LogP contribution in [-0.2, 0) is 20.4 Å². The second-order valence-electron chi connectivity index (χ2n) is 10.2. The maximum Gasteiger partial charge on any atom is 0.416 e. The molecule has 192 valence electrons. The lowest BCUT2D eigenvalue weighted by Gasteiger charge is -2.35. The number of carbonyl (C=O) groups excluding carboxylic acids is 2. The number of methoxy groups -OCH3 is 1. The summed E-state index contributed by atoms with van der Waals surface area (Å²) in [4.78, 5) is 28.0. The number of carbonyl (C=O) groups is 2. The number of nitrogens with zero attached hydrogens (tertiary/aromatic N) is 3. The number of alkyl halides is 3. The van der Waals surface area contributed by atoms with Crippen molar-refractivity contribution in [2.75, 3.05) is 38.2 Å². The normalized spacial score (nSPS) is 21.5. The number of anilines is 1. The van der Waals surface area contributed by atoms with Crippen LogP contribution in [0.5, 0.6) is 0 Å². The Hall–Kier alpha value is -2.96. The zero-order chi connectivity index (χ0) is 26.0. The van der Waals surface area contributed by atoms with Crippen LogP contribution >= 0.6 is 0 Å². The van der Waals surface area contributed by atoms with Gasteiger partial charge in [-0.05, 0) is 57.2 Å². The highest BCUT2D eigenvalue weighted by molar-refractivity contribution is 5.73. The number of esters is 1. The number of likely N-dealkylation sites (tertiary alicyclic amines) is 1. The van der Waals surface area contributed by atoms with Gasteiger partial charge in [0.15, 0.2) is 0 Å². The first-order valence-electron chi connectivity index (χ1n) is 11.7. The molecule has 2 aliphatic heterocycles. The largest absolute Gasteiger partial charge is 0.469 e. The fourth-order valence-electron chi connectivity index (χ4n) is 4.85. The molecule has 1 aromatic rings. The Morgan fingerprint density at radius 2 is 1.80 bits per heavy atom. The van der Waals surface area contributed by atoms with E-state index in [1.54, 1.807) is 20.8 Å². The Morgan fingerprint density at radius 3 is 2.34 bits per heavy atom. The topological polar surface area (TPSA) is 82.9 Å². The summed E-state index contributed by atoms with van der Waals surface area (Å²) < 4.78 is 51.1. The van der Waals surface area contributed by atoms with Crippen LogP contribution in [0.2, 0.25) is 0 Å². The van der Waals surface area contributed by atoms with Gasteiger partial charge in [-0.3, -0.25) is 4.79 Å². The van der Waals surface area contributed by atoms with Gasteiger partial charge in [-0.2, -0.15) is 18.4 Å². The fraction of sp³-hybridized carbons (Fsp3) is 0.640. The van der Waals surface area contributed by atoms with Crippen molar-refractivity contribution in [1.82, 2.24) is 4.90 Å². The Morgan fingerprint density at radius 1 is 1.14 bits per heavy atom. The van der Waals surface area contributed by atoms with E-state index in [-0.39, 0.29) is 43.2 Å². The van der Waals surface area contributed by atoms with Gasteiger partial charge in [0.25, 0.3) is 0 Å². The minimum atomic E-state index is -4.51. The number of halogens is 3. The highest BCUT2D eigenvalue weighted by Gasteiger charge is 2.41. The minimum Gasteiger partial charge on any atom is -0.469 e. The van der Waals surface area contributed by atoms with Gasteiger partial charge in [-0.25, -0.2) is 4.79 Å². The second-order valence-corrected chi connectivity index (χ2v) is 10.2. The molecule has 0 unspecified atom stereocenters. The molecule has 0 bridgehead atoms. The Labute approximate surface area is 203 Å². The van der Waals surface area contributed by atoms with E-state index in [0.717, 1.165) is 12.1 Å². The number of nitriles is 1. The maximum atomic E-state index is 13.6. The summed E-state index contributed by atoms with van der Waals surface area (Å²) in [6, 6.07) is 5.82. The van der Waals surface area contributed by atoms with E-state index in [9.17, 15) is 28.0 Å². The molecule has 0 aromatic heterocycles. The molecule has 0 radical (unpaired) electrons. The molecule has 1 amide bonds. The van der Waals surface area contributed by atoms with Crippen molar-refractivity contribution in [3.8, 4) is 6.07 Å². The van der Waals surface area contributed by atoms with Crippen LogP contribution in [0.25, 0.3) is 0 Å². The zero-order valence-corrected chi connectivity index (χ0v) is 20.5. The van der Waals surface area contributed by atoms with Gasteiger partial charge in [-0.15, -0.1) is 0 Å². The number of rotatable bonds is 4. The van der Waals surface area contributed by atoms with Crippen molar-refractivity contribution in [2.45, 2.75) is 57.7 Å². The van der Waals surface area contributed by atoms with E-state index in [0.29, 0.717) is 37.2 Å². The van der Waals surface area contributed by atoms with Crippen LogP contribution in [0, 0.1) is 23.2 Å². The number of amides is 1. The van der Waals surface area contributed by atoms with Gasteiger partial charge in [0.1, 0.15) is 5.60 Å². The quantitative estimate of drug-likeness (QED) is 0.549. The monoisotopic (exact) mass is 495 g/mol. The molecule has 0 spiro atoms. The van der Waals surface area contributed by atoms with E-state index >= 15 is 0 Å². The molecule has 10 heteroatoms. The summed E-state index contributed by atoms with van der Waals surface area (Å²) in [5, 5.41) is 9.39. The summed E-state index contributed by atoms with van der Waals surface area (Å²) in [5.41, 5.74) is -0.350. The highest BCUT2D eigenvalue weighted by Crippen LogP contribution is 2.43. The minimum absolute atomic E-state index is 0.162. The first kappa shape index (κ1) is 26.6. The van der Waals surface area contributed by atoms with Crippen LogP contribution in [-0.4, -0.2) is 55.9 Å². The van der Waals surface area contributed by atoms with E-state index in [4.69, 9.17) is 9.47 Å². The van der Waals surface area contributed by atoms with Crippen molar-refractivity contribution in [3.63, 3.8) is 0 Å². The fourth-order valence-corrected chi connectivity index (χ4v) is 4.85. The number of hydrogen-bond acceptors (Lipinski definition) is 6. The number of ether oxygens (including phenoxy) is 2. The van der Waals surface area contributed by atoms with Crippen molar-refractivity contribution in [3.05, 3.63) is 29.3 Å². The standard InChI is InChI=1S/C25H32F3N3O4/c1-24(2,3)35-23(33)31-14-17(7-10-29)20(15-31)19-6-5-18(25(26,27)28)13-21(19)30-11-8-16(9-12-30)22(32)34-4/h5-6,13,16-17,20H,7-9,11-12,14-15H2,1-4H3/t17-,20-/m0/s1. The van der Waals surface area contributed by atoms with Gasteiger partial charge in [0, 0.05) is 44.2 Å². The predicted octanol–water partition coefficient (Wildman–Crippen LogP) is 4.96. The van der Waals surface area contributed by atoms with Crippen LogP contribution in [0.3, 0.4) is 0 Å². The lowest BCUT2D eigenvalue weighted by molar-refractivity contribution is -0.146. The third kappa shape index (κ3) is 6.38. The van der Waals surface area contributed by atoms with E-state index < -0.39 is 23.4 Å². The van der Waals surface area contributed by atoms with Gasteiger partial charge in [0.05, 0.1) is 24.7 Å². The Bertz CT molecular complexity index is 976. The van der Waals surface area contributed by atoms with Gasteiger partial charge < -0.3 is 19.3 Å². The van der Waals surface area contributed by atoms with Gasteiger partial charge in [0.2, 0.25) is 0 Å². The number of benzene rings is 1. The molecule has 7 nitrogen and oxygen atoms in total. The Balaban J connectivity index is 1.94. The molecule has 2 heterocycles.